The second kappa shape index (κ2) is 4.77. The van der Waals surface area contributed by atoms with Gasteiger partial charge < -0.3 is 10.1 Å². The van der Waals surface area contributed by atoms with Gasteiger partial charge in [0.05, 0.1) is 12.7 Å². The lowest BCUT2D eigenvalue weighted by atomic mass is 10.3. The third kappa shape index (κ3) is 3.87. The molecule has 0 aliphatic carbocycles. The molecule has 0 aliphatic heterocycles. The Balaban J connectivity index is 3.63. The quantitative estimate of drug-likeness (QED) is 0.586. The molecule has 1 N–H and O–H groups in total. The standard InChI is InChI=1S/C6H10N2O2/c1-5(9)8-6(3-7)4-10-2/h6H,4H2,1-2H3,(H,8,9). The number of hydrogen-bond donors (Lipinski definition) is 1. The van der Waals surface area contributed by atoms with E-state index in [-0.39, 0.29) is 12.5 Å². The third-order valence-corrected chi connectivity index (χ3v) is 0.867. The van der Waals surface area contributed by atoms with Crippen molar-refractivity contribution in [2.45, 2.75) is 13.0 Å². The van der Waals surface area contributed by atoms with Crippen molar-refractivity contribution >= 4 is 5.91 Å². The molecule has 1 amide bonds. The number of amides is 1. The van der Waals surface area contributed by atoms with Crippen LogP contribution in [0, 0.1) is 11.3 Å². The lowest BCUT2D eigenvalue weighted by Crippen LogP contribution is -2.35. The van der Waals surface area contributed by atoms with Crippen LogP contribution in [-0.4, -0.2) is 25.7 Å². The summed E-state index contributed by atoms with van der Waals surface area (Å²) in [7, 11) is 1.48. The molecule has 0 fully saturated rings. The predicted molar refractivity (Wildman–Crippen MR) is 35.1 cm³/mol. The minimum absolute atomic E-state index is 0.219. The van der Waals surface area contributed by atoms with E-state index < -0.39 is 6.04 Å². The molecule has 4 heteroatoms. The van der Waals surface area contributed by atoms with Crippen molar-refractivity contribution in [3.05, 3.63) is 0 Å². The molecule has 0 radical (unpaired) electrons. The minimum atomic E-state index is -0.525. The van der Waals surface area contributed by atoms with E-state index in [0.29, 0.717) is 0 Å². The maximum absolute atomic E-state index is 10.4. The summed E-state index contributed by atoms with van der Waals surface area (Å²) in [6, 6.07) is 1.35. The topological polar surface area (TPSA) is 62.1 Å². The van der Waals surface area contributed by atoms with E-state index in [1.807, 2.05) is 6.07 Å². The summed E-state index contributed by atoms with van der Waals surface area (Å²) in [6.45, 7) is 1.59. The summed E-state index contributed by atoms with van der Waals surface area (Å²) < 4.78 is 4.66. The molecule has 0 aliphatic rings. The van der Waals surface area contributed by atoms with Crippen molar-refractivity contribution in [3.63, 3.8) is 0 Å². The highest BCUT2D eigenvalue weighted by molar-refractivity contribution is 5.73. The molecule has 10 heavy (non-hydrogen) atoms. The Hall–Kier alpha value is -1.08. The summed E-state index contributed by atoms with van der Waals surface area (Å²) in [5.41, 5.74) is 0. The summed E-state index contributed by atoms with van der Waals surface area (Å²) in [5, 5.41) is 10.8. The molecule has 4 nitrogen and oxygen atoms in total. The van der Waals surface area contributed by atoms with Crippen LogP contribution in [0.1, 0.15) is 6.92 Å². The van der Waals surface area contributed by atoms with Crippen LogP contribution < -0.4 is 5.32 Å². The Kier molecular flexibility index (Phi) is 4.25. The minimum Gasteiger partial charge on any atom is -0.381 e. The van der Waals surface area contributed by atoms with Crippen molar-refractivity contribution in [1.82, 2.24) is 5.32 Å². The highest BCUT2D eigenvalue weighted by atomic mass is 16.5. The van der Waals surface area contributed by atoms with Gasteiger partial charge in [-0.2, -0.15) is 5.26 Å². The smallest absolute Gasteiger partial charge is 0.217 e. The summed E-state index contributed by atoms with van der Waals surface area (Å²) >= 11 is 0. The predicted octanol–water partition coefficient (Wildman–Crippen LogP) is -0.339. The van der Waals surface area contributed by atoms with Gasteiger partial charge in [0.25, 0.3) is 0 Å². The van der Waals surface area contributed by atoms with E-state index in [4.69, 9.17) is 5.26 Å². The van der Waals surface area contributed by atoms with E-state index in [2.05, 4.69) is 10.1 Å². The Morgan fingerprint density at radius 2 is 2.50 bits per heavy atom. The van der Waals surface area contributed by atoms with E-state index in [1.165, 1.54) is 14.0 Å². The van der Waals surface area contributed by atoms with Gasteiger partial charge in [-0.1, -0.05) is 0 Å². The van der Waals surface area contributed by atoms with Crippen LogP contribution in [-0.2, 0) is 9.53 Å². The van der Waals surface area contributed by atoms with Gasteiger partial charge in [0, 0.05) is 14.0 Å². The van der Waals surface area contributed by atoms with Gasteiger partial charge in [-0.15, -0.1) is 0 Å². The molecule has 1 unspecified atom stereocenters. The van der Waals surface area contributed by atoms with Gasteiger partial charge in [0.2, 0.25) is 5.91 Å². The average Bonchev–Trinajstić information content (AvgIpc) is 1.86. The second-order valence-corrected chi connectivity index (χ2v) is 1.84. The summed E-state index contributed by atoms with van der Waals surface area (Å²) in [5.74, 6) is -0.219. The number of nitrogens with one attached hydrogen (secondary N) is 1. The van der Waals surface area contributed by atoms with Gasteiger partial charge in [-0.3, -0.25) is 4.79 Å². The zero-order valence-corrected chi connectivity index (χ0v) is 6.05. The lowest BCUT2D eigenvalue weighted by Gasteiger charge is -2.06. The summed E-state index contributed by atoms with van der Waals surface area (Å²) in [6.07, 6.45) is 0. The number of carbonyl (C=O) groups excluding carboxylic acids is 1. The van der Waals surface area contributed by atoms with Gasteiger partial charge in [-0.05, 0) is 0 Å². The molecule has 0 heterocycles. The van der Waals surface area contributed by atoms with Crippen molar-refractivity contribution in [2.75, 3.05) is 13.7 Å². The maximum Gasteiger partial charge on any atom is 0.217 e. The number of methoxy groups -OCH3 is 1. The molecule has 0 saturated carbocycles. The van der Waals surface area contributed by atoms with Crippen molar-refractivity contribution in [2.24, 2.45) is 0 Å². The highest BCUT2D eigenvalue weighted by Gasteiger charge is 2.05. The molecule has 0 spiro atoms. The van der Waals surface area contributed by atoms with Crippen molar-refractivity contribution < 1.29 is 9.53 Å². The zero-order chi connectivity index (χ0) is 7.98. The first-order valence-electron chi connectivity index (χ1n) is 2.86. The first-order valence-corrected chi connectivity index (χ1v) is 2.86. The van der Waals surface area contributed by atoms with Crippen LogP contribution in [0.15, 0.2) is 0 Å². The number of hydrogen-bond acceptors (Lipinski definition) is 3. The molecule has 0 rings (SSSR count). The molecule has 0 saturated heterocycles. The van der Waals surface area contributed by atoms with E-state index in [0.717, 1.165) is 0 Å². The Morgan fingerprint density at radius 3 is 2.80 bits per heavy atom. The Bertz CT molecular complexity index is 150. The average molecular weight is 142 g/mol. The molecular formula is C6H10N2O2. The SMILES string of the molecule is COCC(C#N)NC(C)=O. The molecular weight excluding hydrogens is 132 g/mol. The Labute approximate surface area is 59.8 Å². The second-order valence-electron chi connectivity index (χ2n) is 1.84. The fourth-order valence-corrected chi connectivity index (χ4v) is 0.523. The van der Waals surface area contributed by atoms with Crippen LogP contribution in [0.4, 0.5) is 0 Å². The first-order chi connectivity index (χ1) is 4.70. The van der Waals surface area contributed by atoms with E-state index >= 15 is 0 Å². The fraction of sp³-hybridized carbons (Fsp3) is 0.667. The fourth-order valence-electron chi connectivity index (χ4n) is 0.523. The number of nitriles is 1. The van der Waals surface area contributed by atoms with Crippen LogP contribution in [0.25, 0.3) is 0 Å². The molecule has 0 aromatic carbocycles. The number of carbonyl (C=O) groups is 1. The summed E-state index contributed by atoms with van der Waals surface area (Å²) in [4.78, 5) is 10.4. The number of ether oxygens (including phenoxy) is 1. The number of nitrogens with zero attached hydrogens (tertiary/aromatic N) is 1. The van der Waals surface area contributed by atoms with Gasteiger partial charge in [0.1, 0.15) is 6.04 Å². The maximum atomic E-state index is 10.4. The molecule has 0 aromatic heterocycles. The van der Waals surface area contributed by atoms with Crippen molar-refractivity contribution in [1.29, 1.82) is 5.26 Å². The highest BCUT2D eigenvalue weighted by Crippen LogP contribution is 1.80. The van der Waals surface area contributed by atoms with Gasteiger partial charge >= 0.3 is 0 Å². The Morgan fingerprint density at radius 1 is 1.90 bits per heavy atom. The van der Waals surface area contributed by atoms with Crippen molar-refractivity contribution in [3.8, 4) is 6.07 Å². The van der Waals surface area contributed by atoms with Crippen LogP contribution in [0.2, 0.25) is 0 Å². The zero-order valence-electron chi connectivity index (χ0n) is 6.05. The van der Waals surface area contributed by atoms with Crippen LogP contribution in [0.3, 0.4) is 0 Å². The van der Waals surface area contributed by atoms with Crippen LogP contribution in [0.5, 0.6) is 0 Å². The molecule has 1 atom stereocenters. The van der Waals surface area contributed by atoms with Gasteiger partial charge in [0.15, 0.2) is 0 Å². The first kappa shape index (κ1) is 8.92. The molecule has 0 aromatic rings. The van der Waals surface area contributed by atoms with E-state index in [9.17, 15) is 4.79 Å². The third-order valence-electron chi connectivity index (χ3n) is 0.867. The lowest BCUT2D eigenvalue weighted by molar-refractivity contribution is -0.119. The van der Waals surface area contributed by atoms with Gasteiger partial charge in [-0.25, -0.2) is 0 Å². The number of rotatable bonds is 3. The van der Waals surface area contributed by atoms with Crippen LogP contribution >= 0.6 is 0 Å². The molecule has 0 bridgehead atoms. The largest absolute Gasteiger partial charge is 0.381 e. The normalized spacial score (nSPS) is 11.7. The monoisotopic (exact) mass is 142 g/mol. The molecule has 56 valence electrons. The van der Waals surface area contributed by atoms with E-state index in [1.54, 1.807) is 0 Å².